The van der Waals surface area contributed by atoms with Gasteiger partial charge in [0.2, 0.25) is 5.88 Å². The lowest BCUT2D eigenvalue weighted by Crippen LogP contribution is -2.24. The van der Waals surface area contributed by atoms with E-state index in [0.717, 1.165) is 0 Å². The fourth-order valence-electron chi connectivity index (χ4n) is 1.04. The Hall–Kier alpha value is -1.36. The van der Waals surface area contributed by atoms with Gasteiger partial charge in [0.15, 0.2) is 0 Å². The first-order valence-corrected chi connectivity index (χ1v) is 4.03. The van der Waals surface area contributed by atoms with Gasteiger partial charge in [0.05, 0.1) is 20.3 Å². The first-order chi connectivity index (χ1) is 6.29. The second-order valence-corrected chi connectivity index (χ2v) is 2.85. The predicted molar refractivity (Wildman–Crippen MR) is 44.8 cm³/mol. The van der Waals surface area contributed by atoms with Crippen LogP contribution in [0.3, 0.4) is 0 Å². The van der Waals surface area contributed by atoms with E-state index >= 15 is 0 Å². The molecule has 1 saturated heterocycles. The highest BCUT2D eigenvalue weighted by Gasteiger charge is 2.23. The van der Waals surface area contributed by atoms with Crippen LogP contribution in [-0.4, -0.2) is 29.6 Å². The van der Waals surface area contributed by atoms with Gasteiger partial charge in [-0.3, -0.25) is 4.79 Å². The molecule has 0 radical (unpaired) electrons. The summed E-state index contributed by atoms with van der Waals surface area (Å²) in [5, 5.41) is 3.97. The molecule has 0 spiro atoms. The largest absolute Gasteiger partial charge is 0.480 e. The first kappa shape index (κ1) is 8.25. The molecule has 13 heavy (non-hydrogen) atoms. The Bertz CT molecular complexity index is 357. The van der Waals surface area contributed by atoms with Crippen LogP contribution in [0.1, 0.15) is 0 Å². The highest BCUT2D eigenvalue weighted by molar-refractivity contribution is 5.06. The molecule has 1 aliphatic heterocycles. The van der Waals surface area contributed by atoms with Gasteiger partial charge in [0.25, 0.3) is 5.56 Å². The summed E-state index contributed by atoms with van der Waals surface area (Å²) in [6, 6.07) is 2.99. The van der Waals surface area contributed by atoms with Gasteiger partial charge in [0.1, 0.15) is 6.10 Å². The van der Waals surface area contributed by atoms with Crippen molar-refractivity contribution in [3.05, 3.63) is 22.5 Å². The molecule has 0 aromatic carbocycles. The van der Waals surface area contributed by atoms with Crippen LogP contribution in [0.4, 0.5) is 0 Å². The minimum Gasteiger partial charge on any atom is -0.480 e. The number of hydrogen-bond acceptors (Lipinski definition) is 4. The molecule has 0 amide bonds. The highest BCUT2D eigenvalue weighted by Crippen LogP contribution is 2.10. The number of epoxide rings is 1. The molecule has 1 aromatic heterocycles. The molecule has 2 heterocycles. The lowest BCUT2D eigenvalue weighted by Gasteiger charge is -2.03. The smallest absolute Gasteiger partial charge is 0.267 e. The molecule has 1 aliphatic rings. The molecular formula is C8H10N2O3. The van der Waals surface area contributed by atoms with Gasteiger partial charge in [-0.05, 0) is 0 Å². The Morgan fingerprint density at radius 3 is 3.15 bits per heavy atom. The van der Waals surface area contributed by atoms with E-state index in [1.54, 1.807) is 6.07 Å². The lowest BCUT2D eigenvalue weighted by molar-refractivity contribution is 0.345. The van der Waals surface area contributed by atoms with Crippen molar-refractivity contribution in [3.63, 3.8) is 0 Å². The van der Waals surface area contributed by atoms with E-state index in [-0.39, 0.29) is 11.7 Å². The maximum absolute atomic E-state index is 11.2. The van der Waals surface area contributed by atoms with Gasteiger partial charge in [0, 0.05) is 12.1 Å². The van der Waals surface area contributed by atoms with Gasteiger partial charge >= 0.3 is 0 Å². The van der Waals surface area contributed by atoms with E-state index in [4.69, 9.17) is 9.47 Å². The van der Waals surface area contributed by atoms with Crippen LogP contribution in [0.25, 0.3) is 0 Å². The van der Waals surface area contributed by atoms with Gasteiger partial charge in [-0.2, -0.15) is 0 Å². The number of methoxy groups -OCH3 is 1. The van der Waals surface area contributed by atoms with Crippen LogP contribution in [-0.2, 0) is 11.3 Å². The Morgan fingerprint density at radius 2 is 2.54 bits per heavy atom. The second-order valence-electron chi connectivity index (χ2n) is 2.85. The van der Waals surface area contributed by atoms with E-state index in [2.05, 4.69) is 5.10 Å². The van der Waals surface area contributed by atoms with Crippen molar-refractivity contribution >= 4 is 0 Å². The summed E-state index contributed by atoms with van der Waals surface area (Å²) in [5.41, 5.74) is -0.128. The summed E-state index contributed by atoms with van der Waals surface area (Å²) in [4.78, 5) is 11.2. The lowest BCUT2D eigenvalue weighted by atomic mass is 10.4. The Morgan fingerprint density at radius 1 is 1.77 bits per heavy atom. The number of aromatic nitrogens is 2. The third-order valence-electron chi connectivity index (χ3n) is 1.83. The predicted octanol–water partition coefficient (Wildman–Crippen LogP) is -0.349. The van der Waals surface area contributed by atoms with Gasteiger partial charge in [-0.15, -0.1) is 5.10 Å². The zero-order valence-electron chi connectivity index (χ0n) is 7.27. The quantitative estimate of drug-likeness (QED) is 0.599. The monoisotopic (exact) mass is 182 g/mol. The topological polar surface area (TPSA) is 56.6 Å². The van der Waals surface area contributed by atoms with Crippen LogP contribution in [0, 0.1) is 0 Å². The normalized spacial score (nSPS) is 19.9. The molecular weight excluding hydrogens is 172 g/mol. The summed E-state index contributed by atoms with van der Waals surface area (Å²) in [5.74, 6) is 0.445. The third kappa shape index (κ3) is 1.86. The molecule has 1 atom stereocenters. The van der Waals surface area contributed by atoms with Crippen molar-refractivity contribution in [2.75, 3.05) is 13.7 Å². The van der Waals surface area contributed by atoms with E-state index in [9.17, 15) is 4.79 Å². The molecule has 2 rings (SSSR count). The average molecular weight is 182 g/mol. The summed E-state index contributed by atoms with van der Waals surface area (Å²) in [7, 11) is 1.52. The van der Waals surface area contributed by atoms with Crippen molar-refractivity contribution in [3.8, 4) is 5.88 Å². The number of hydrogen-bond donors (Lipinski definition) is 0. The standard InChI is InChI=1S/C8H10N2O3/c1-12-7-2-3-8(11)10(9-7)4-6-5-13-6/h2-3,6H,4-5H2,1H3/t6-/m0/s1. The van der Waals surface area contributed by atoms with Crippen molar-refractivity contribution in [2.45, 2.75) is 12.6 Å². The van der Waals surface area contributed by atoms with E-state index in [0.29, 0.717) is 19.0 Å². The molecule has 70 valence electrons. The molecule has 1 aromatic rings. The van der Waals surface area contributed by atoms with Crippen LogP contribution < -0.4 is 10.3 Å². The van der Waals surface area contributed by atoms with E-state index in [1.165, 1.54) is 17.9 Å². The Kier molecular flexibility index (Phi) is 2.02. The first-order valence-electron chi connectivity index (χ1n) is 4.03. The minimum atomic E-state index is -0.128. The van der Waals surface area contributed by atoms with Gasteiger partial charge in [-0.1, -0.05) is 0 Å². The van der Waals surface area contributed by atoms with E-state index < -0.39 is 0 Å². The molecule has 0 saturated carbocycles. The van der Waals surface area contributed by atoms with E-state index in [1.807, 2.05) is 0 Å². The van der Waals surface area contributed by atoms with Crippen LogP contribution in [0.15, 0.2) is 16.9 Å². The van der Waals surface area contributed by atoms with Crippen LogP contribution in [0.2, 0.25) is 0 Å². The summed E-state index contributed by atoms with van der Waals surface area (Å²) in [6.45, 7) is 1.22. The average Bonchev–Trinajstić information content (AvgIpc) is 2.93. The molecule has 0 unspecified atom stereocenters. The van der Waals surface area contributed by atoms with Gasteiger partial charge < -0.3 is 9.47 Å². The fourth-order valence-corrected chi connectivity index (χ4v) is 1.04. The van der Waals surface area contributed by atoms with Crippen molar-refractivity contribution in [2.24, 2.45) is 0 Å². The fraction of sp³-hybridized carbons (Fsp3) is 0.500. The molecule has 0 aliphatic carbocycles. The molecule has 1 fully saturated rings. The summed E-state index contributed by atoms with van der Waals surface area (Å²) >= 11 is 0. The number of rotatable bonds is 3. The minimum absolute atomic E-state index is 0.128. The maximum atomic E-state index is 11.2. The molecule has 0 N–H and O–H groups in total. The zero-order chi connectivity index (χ0) is 9.26. The zero-order valence-corrected chi connectivity index (χ0v) is 7.27. The second kappa shape index (κ2) is 3.18. The molecule has 0 bridgehead atoms. The summed E-state index contributed by atoms with van der Waals surface area (Å²) in [6.07, 6.45) is 0.150. The Labute approximate surface area is 74.9 Å². The van der Waals surface area contributed by atoms with Gasteiger partial charge in [-0.25, -0.2) is 4.68 Å². The highest BCUT2D eigenvalue weighted by atomic mass is 16.6. The number of nitrogens with zero attached hydrogens (tertiary/aromatic N) is 2. The maximum Gasteiger partial charge on any atom is 0.267 e. The van der Waals surface area contributed by atoms with Crippen molar-refractivity contribution in [1.29, 1.82) is 0 Å². The van der Waals surface area contributed by atoms with Crippen LogP contribution >= 0.6 is 0 Å². The van der Waals surface area contributed by atoms with Crippen LogP contribution in [0.5, 0.6) is 5.88 Å². The summed E-state index contributed by atoms with van der Waals surface area (Å²) < 4.78 is 11.3. The SMILES string of the molecule is COc1ccc(=O)n(C[C@H]2CO2)n1. The Balaban J connectivity index is 2.24. The number of ether oxygens (including phenoxy) is 2. The molecule has 5 nitrogen and oxygen atoms in total. The third-order valence-corrected chi connectivity index (χ3v) is 1.83. The van der Waals surface area contributed by atoms with Crippen molar-refractivity contribution < 1.29 is 9.47 Å². The van der Waals surface area contributed by atoms with Crippen molar-refractivity contribution in [1.82, 2.24) is 9.78 Å². The molecule has 5 heteroatoms.